The van der Waals surface area contributed by atoms with Crippen LogP contribution in [0.25, 0.3) is 33.1 Å². The molecule has 0 saturated heterocycles. The highest BCUT2D eigenvalue weighted by molar-refractivity contribution is 6.94. The highest BCUT2D eigenvalue weighted by Gasteiger charge is 2.51. The van der Waals surface area contributed by atoms with E-state index in [1.807, 2.05) is 0 Å². The number of benzene rings is 8. The van der Waals surface area contributed by atoms with Gasteiger partial charge < -0.3 is 19.0 Å². The maximum atomic E-state index is 7.17. The summed E-state index contributed by atoms with van der Waals surface area (Å²) in [6.45, 7) is 31.7. The lowest BCUT2D eigenvalue weighted by Gasteiger charge is -2.49. The third-order valence-corrected chi connectivity index (χ3v) is 21.2. The van der Waals surface area contributed by atoms with Gasteiger partial charge in [-0.3, -0.25) is 0 Å². The Hall–Kier alpha value is -6.98. The number of hydrogen-bond acceptors (Lipinski definition) is 4. The van der Waals surface area contributed by atoms with Crippen LogP contribution in [-0.2, 0) is 32.5 Å². The lowest BCUT2D eigenvalue weighted by Crippen LogP contribution is -2.62. The summed E-state index contributed by atoms with van der Waals surface area (Å²) >= 11 is 0. The van der Waals surface area contributed by atoms with Crippen LogP contribution in [0.1, 0.15) is 165 Å². The number of hydrogen-bond donors (Lipinski definition) is 0. The largest absolute Gasteiger partial charge is 0.456 e. The minimum absolute atomic E-state index is 0.0123. The molecule has 5 heteroatoms. The quantitative estimate of drug-likeness (QED) is 0.164. The monoisotopic (exact) mass is 1020 g/mol. The molecule has 1 atom stereocenters. The fourth-order valence-corrected chi connectivity index (χ4v) is 16.0. The molecule has 0 amide bonds. The van der Waals surface area contributed by atoms with Crippen LogP contribution in [0.2, 0.25) is 0 Å². The van der Waals surface area contributed by atoms with Crippen molar-refractivity contribution in [2.24, 2.45) is 0 Å². The number of nitrogens with zero attached hydrogens (tertiary/aromatic N) is 3. The number of fused-ring (bicyclic) bond motifs is 6. The second kappa shape index (κ2) is 15.6. The van der Waals surface area contributed by atoms with Gasteiger partial charge in [0.25, 0.3) is 0 Å². The van der Waals surface area contributed by atoms with Crippen molar-refractivity contribution in [3.63, 3.8) is 0 Å². The highest BCUT2D eigenvalue weighted by atomic mass is 16.3. The number of furan rings is 1. The zero-order valence-electron chi connectivity index (χ0n) is 48.3. The van der Waals surface area contributed by atoms with Crippen LogP contribution >= 0.6 is 0 Å². The standard InChI is InChI=1S/C73H74BN3O/c1-43-18-14-16-20-59(43)76(60-21-17-15-19-44(60)2)48-37-51-49-26-29-63-65-50-25-22-45(36-64(50)78-63)73(13)35-34-69(5,6)53-28-24-47(39-57(53)73)77(67(49)65)74-58-41-55-56(72(11,12)33-32-71(55,9)10)42-61(58)75(62(40-48)66(51)74)46-23-27-52-54(38-46)70(7,8)31-30-68(52,3)4/h14-29,36-42H,30-35H2,1-13H3. The Morgan fingerprint density at radius 1 is 0.462 bits per heavy atom. The Balaban J connectivity index is 1.14. The molecule has 8 aromatic carbocycles. The number of rotatable bonds is 4. The molecule has 1 aromatic heterocycles. The first-order valence-corrected chi connectivity index (χ1v) is 29.2. The molecule has 78 heavy (non-hydrogen) atoms. The molecule has 16 rings (SSSR count). The topological polar surface area (TPSA) is 22.9 Å². The van der Waals surface area contributed by atoms with Gasteiger partial charge in [0.2, 0.25) is 0 Å². The average molecular weight is 1020 g/mol. The second-order valence-corrected chi connectivity index (χ2v) is 28.3. The van der Waals surface area contributed by atoms with Gasteiger partial charge in [0.1, 0.15) is 11.2 Å². The maximum Gasteiger partial charge on any atom is 0.333 e. The van der Waals surface area contributed by atoms with Gasteiger partial charge in [-0.15, -0.1) is 0 Å². The first-order chi connectivity index (χ1) is 37.1. The van der Waals surface area contributed by atoms with E-state index in [4.69, 9.17) is 4.42 Å². The third-order valence-electron chi connectivity index (χ3n) is 21.2. The average Bonchev–Trinajstić information content (AvgIpc) is 2.54. The molecular formula is C73H74BN3O. The van der Waals surface area contributed by atoms with Crippen LogP contribution in [0, 0.1) is 13.8 Å². The van der Waals surface area contributed by atoms with Crippen molar-refractivity contribution in [2.75, 3.05) is 14.6 Å². The molecule has 4 aliphatic heterocycles. The normalized spacial score (nSPS) is 20.8. The van der Waals surface area contributed by atoms with E-state index in [1.165, 1.54) is 129 Å². The van der Waals surface area contributed by atoms with Gasteiger partial charge in [-0.25, -0.2) is 0 Å². The van der Waals surface area contributed by atoms with E-state index in [-0.39, 0.29) is 39.3 Å². The van der Waals surface area contributed by atoms with Gasteiger partial charge in [-0.05, 0) is 219 Å². The number of anilines is 8. The molecule has 7 aliphatic rings. The summed E-state index contributed by atoms with van der Waals surface area (Å²) in [5.41, 5.74) is 29.3. The molecular weight excluding hydrogens is 946 g/mol. The molecule has 0 fully saturated rings. The van der Waals surface area contributed by atoms with Gasteiger partial charge in [0.15, 0.2) is 0 Å². The smallest absolute Gasteiger partial charge is 0.333 e. The Morgan fingerprint density at radius 3 is 1.68 bits per heavy atom. The van der Waals surface area contributed by atoms with E-state index in [0.29, 0.717) is 0 Å². The summed E-state index contributed by atoms with van der Waals surface area (Å²) in [5, 5.41) is 2.37. The number of para-hydroxylation sites is 2. The van der Waals surface area contributed by atoms with E-state index >= 15 is 0 Å². The Bertz CT molecular complexity index is 4060. The third kappa shape index (κ3) is 6.48. The van der Waals surface area contributed by atoms with Crippen LogP contribution < -0.4 is 25.5 Å². The molecule has 0 radical (unpaired) electrons. The minimum Gasteiger partial charge on any atom is -0.456 e. The van der Waals surface area contributed by atoms with E-state index in [9.17, 15) is 0 Å². The molecule has 4 nitrogen and oxygen atoms in total. The summed E-state index contributed by atoms with van der Waals surface area (Å²) in [6, 6.07) is 55.6. The van der Waals surface area contributed by atoms with Crippen LogP contribution in [-0.4, -0.2) is 6.85 Å². The SMILES string of the molecule is Cc1ccccc1N(c1cc2c3c(c1)N(c1ccc4c(c1)C(C)(C)CCC4(C)C)c1cc4c(cc1B3N1c3ccc5c(c3)C(C)(CCC5(C)C)c3ccc5c(c3)oc3ccc-2c1c35)C(C)(C)CCC4(C)C)c1ccccc1C. The maximum absolute atomic E-state index is 7.17. The summed E-state index contributed by atoms with van der Waals surface area (Å²) in [6.07, 6.45) is 6.79. The molecule has 1 unspecified atom stereocenters. The molecule has 0 spiro atoms. The summed E-state index contributed by atoms with van der Waals surface area (Å²) in [7, 11) is 0. The van der Waals surface area contributed by atoms with E-state index in [2.05, 4.69) is 244 Å². The van der Waals surface area contributed by atoms with Gasteiger partial charge in [0, 0.05) is 61.9 Å². The minimum atomic E-state index is -0.202. The van der Waals surface area contributed by atoms with Crippen LogP contribution in [0.3, 0.4) is 0 Å². The summed E-state index contributed by atoms with van der Waals surface area (Å²) in [4.78, 5) is 8.09. The molecule has 0 saturated carbocycles. The first-order valence-electron chi connectivity index (χ1n) is 29.2. The van der Waals surface area contributed by atoms with Crippen LogP contribution in [0.15, 0.2) is 144 Å². The van der Waals surface area contributed by atoms with Gasteiger partial charge in [-0.1, -0.05) is 143 Å². The summed E-state index contributed by atoms with van der Waals surface area (Å²) < 4.78 is 7.17. The van der Waals surface area contributed by atoms with Crippen molar-refractivity contribution < 1.29 is 4.42 Å². The van der Waals surface area contributed by atoms with Gasteiger partial charge in [-0.2, -0.15) is 0 Å². The highest BCUT2D eigenvalue weighted by Crippen LogP contribution is 2.59. The second-order valence-electron chi connectivity index (χ2n) is 28.3. The van der Waals surface area contributed by atoms with Crippen molar-refractivity contribution >= 4 is 85.2 Å². The van der Waals surface area contributed by atoms with Crippen molar-refractivity contribution in [3.8, 4) is 11.1 Å². The Labute approximate surface area is 463 Å². The predicted octanol–water partition coefficient (Wildman–Crippen LogP) is 18.8. The molecule has 3 aliphatic carbocycles. The lowest BCUT2D eigenvalue weighted by molar-refractivity contribution is 0.332. The Kier molecular flexibility index (Phi) is 9.66. The van der Waals surface area contributed by atoms with Crippen LogP contribution in [0.4, 0.5) is 45.5 Å². The fraction of sp³-hybridized carbons (Fsp3) is 0.342. The molecule has 5 heterocycles. The van der Waals surface area contributed by atoms with Crippen molar-refractivity contribution in [1.82, 2.24) is 0 Å². The summed E-state index contributed by atoms with van der Waals surface area (Å²) in [5.74, 6) is 0. The molecule has 0 N–H and O–H groups in total. The Morgan fingerprint density at radius 2 is 1.03 bits per heavy atom. The van der Waals surface area contributed by atoms with Crippen molar-refractivity contribution in [2.45, 2.75) is 161 Å². The molecule has 6 bridgehead atoms. The zero-order valence-corrected chi connectivity index (χ0v) is 48.3. The van der Waals surface area contributed by atoms with E-state index < -0.39 is 0 Å². The van der Waals surface area contributed by atoms with Crippen molar-refractivity contribution in [1.29, 1.82) is 0 Å². The van der Waals surface area contributed by atoms with Gasteiger partial charge in [0.05, 0.1) is 5.39 Å². The van der Waals surface area contributed by atoms with E-state index in [1.54, 1.807) is 0 Å². The van der Waals surface area contributed by atoms with Crippen LogP contribution in [0.5, 0.6) is 0 Å². The van der Waals surface area contributed by atoms with E-state index in [0.717, 1.165) is 49.0 Å². The molecule has 390 valence electrons. The van der Waals surface area contributed by atoms with Gasteiger partial charge >= 0.3 is 6.85 Å². The first kappa shape index (κ1) is 48.2. The molecule has 9 aromatic rings. The number of aryl methyl sites for hydroxylation is 2. The predicted molar refractivity (Wildman–Crippen MR) is 331 cm³/mol. The zero-order chi connectivity index (χ0) is 54.0. The lowest BCUT2D eigenvalue weighted by atomic mass is 9.42. The van der Waals surface area contributed by atoms with Crippen molar-refractivity contribution in [3.05, 3.63) is 190 Å². The fourth-order valence-electron chi connectivity index (χ4n) is 16.0.